The average molecular weight is 251 g/mol. The molecule has 16 heavy (non-hydrogen) atoms. The van der Waals surface area contributed by atoms with Crippen LogP contribution >= 0.6 is 23.4 Å². The summed E-state index contributed by atoms with van der Waals surface area (Å²) in [4.78, 5) is 5.22. The van der Waals surface area contributed by atoms with Gasteiger partial charge in [0, 0.05) is 11.1 Å². The van der Waals surface area contributed by atoms with Crippen molar-refractivity contribution < 1.29 is 0 Å². The van der Waals surface area contributed by atoms with E-state index in [4.69, 9.17) is 17.3 Å². The van der Waals surface area contributed by atoms with Crippen LogP contribution in [0.5, 0.6) is 0 Å². The molecule has 2 nitrogen and oxygen atoms in total. The molecule has 0 fully saturated rings. The standard InChI is InChI=1S/C12H11ClN2S/c1-8-6-7-15-12(11(8)14)16-10-5-3-2-4-9(10)13/h2-7H,14H2,1H3. The maximum absolute atomic E-state index is 6.08. The fraction of sp³-hybridized carbons (Fsp3) is 0.0833. The fourth-order valence-electron chi connectivity index (χ4n) is 1.26. The van der Waals surface area contributed by atoms with Crippen LogP contribution in [-0.2, 0) is 0 Å². The SMILES string of the molecule is Cc1ccnc(Sc2ccccc2Cl)c1N. The van der Waals surface area contributed by atoms with Gasteiger partial charge in [0.05, 0.1) is 10.7 Å². The summed E-state index contributed by atoms with van der Waals surface area (Å²) in [5, 5.41) is 1.52. The minimum Gasteiger partial charge on any atom is -0.396 e. The molecular formula is C12H11ClN2S. The summed E-state index contributed by atoms with van der Waals surface area (Å²) in [5.41, 5.74) is 7.70. The molecule has 82 valence electrons. The van der Waals surface area contributed by atoms with Crippen molar-refractivity contribution in [2.45, 2.75) is 16.8 Å². The highest BCUT2D eigenvalue weighted by atomic mass is 35.5. The molecule has 1 aromatic carbocycles. The summed E-state index contributed by atoms with van der Waals surface area (Å²) in [7, 11) is 0. The first-order valence-electron chi connectivity index (χ1n) is 4.82. The number of pyridine rings is 1. The summed E-state index contributed by atoms with van der Waals surface area (Å²) in [5.74, 6) is 0. The van der Waals surface area contributed by atoms with Gasteiger partial charge >= 0.3 is 0 Å². The number of nitrogens with two attached hydrogens (primary N) is 1. The Bertz CT molecular complexity index is 514. The van der Waals surface area contributed by atoms with Gasteiger partial charge in [0.25, 0.3) is 0 Å². The Kier molecular flexibility index (Phi) is 3.36. The molecule has 2 N–H and O–H groups in total. The predicted molar refractivity (Wildman–Crippen MR) is 69.0 cm³/mol. The third-order valence-electron chi connectivity index (χ3n) is 2.21. The molecule has 0 bridgehead atoms. The fourth-order valence-corrected chi connectivity index (χ4v) is 2.41. The largest absolute Gasteiger partial charge is 0.396 e. The van der Waals surface area contributed by atoms with Crippen LogP contribution in [0, 0.1) is 6.92 Å². The number of aromatic nitrogens is 1. The van der Waals surface area contributed by atoms with Gasteiger partial charge in [-0.25, -0.2) is 4.98 Å². The molecule has 2 aromatic rings. The Morgan fingerprint density at radius 3 is 2.75 bits per heavy atom. The molecule has 0 aliphatic carbocycles. The van der Waals surface area contributed by atoms with E-state index in [1.807, 2.05) is 37.3 Å². The minimum absolute atomic E-state index is 0.715. The Balaban J connectivity index is 2.35. The second-order valence-corrected chi connectivity index (χ2v) is 4.82. The van der Waals surface area contributed by atoms with Gasteiger partial charge in [-0.3, -0.25) is 0 Å². The van der Waals surface area contributed by atoms with Crippen molar-refractivity contribution >= 4 is 29.1 Å². The molecule has 0 saturated heterocycles. The zero-order valence-corrected chi connectivity index (χ0v) is 10.3. The van der Waals surface area contributed by atoms with Crippen LogP contribution in [0.2, 0.25) is 5.02 Å². The normalized spacial score (nSPS) is 10.4. The van der Waals surface area contributed by atoms with E-state index in [-0.39, 0.29) is 0 Å². The maximum atomic E-state index is 6.08. The molecule has 0 aliphatic heterocycles. The molecule has 1 aromatic heterocycles. The van der Waals surface area contributed by atoms with E-state index in [0.29, 0.717) is 5.69 Å². The topological polar surface area (TPSA) is 38.9 Å². The molecule has 1 heterocycles. The van der Waals surface area contributed by atoms with Crippen molar-refractivity contribution in [3.05, 3.63) is 47.1 Å². The Hall–Kier alpha value is -1.19. The van der Waals surface area contributed by atoms with E-state index in [0.717, 1.165) is 20.5 Å². The lowest BCUT2D eigenvalue weighted by atomic mass is 10.3. The van der Waals surface area contributed by atoms with Crippen molar-refractivity contribution in [3.8, 4) is 0 Å². The molecule has 4 heteroatoms. The number of anilines is 1. The van der Waals surface area contributed by atoms with Gasteiger partial charge in [0.2, 0.25) is 0 Å². The zero-order chi connectivity index (χ0) is 11.5. The van der Waals surface area contributed by atoms with E-state index in [1.54, 1.807) is 6.20 Å². The van der Waals surface area contributed by atoms with E-state index in [1.165, 1.54) is 11.8 Å². The van der Waals surface area contributed by atoms with Crippen LogP contribution in [0.25, 0.3) is 0 Å². The monoisotopic (exact) mass is 250 g/mol. The third-order valence-corrected chi connectivity index (χ3v) is 3.75. The van der Waals surface area contributed by atoms with Crippen LogP contribution in [0.1, 0.15) is 5.56 Å². The number of hydrogen-bond donors (Lipinski definition) is 1. The van der Waals surface area contributed by atoms with Crippen LogP contribution in [-0.4, -0.2) is 4.98 Å². The van der Waals surface area contributed by atoms with Gasteiger partial charge in [-0.05, 0) is 30.7 Å². The van der Waals surface area contributed by atoms with Gasteiger partial charge in [-0.2, -0.15) is 0 Å². The number of halogens is 1. The zero-order valence-electron chi connectivity index (χ0n) is 8.77. The highest BCUT2D eigenvalue weighted by Crippen LogP contribution is 2.35. The summed E-state index contributed by atoms with van der Waals surface area (Å²) in [6.07, 6.45) is 1.75. The highest BCUT2D eigenvalue weighted by Gasteiger charge is 2.07. The summed E-state index contributed by atoms with van der Waals surface area (Å²) in [6.45, 7) is 1.97. The summed E-state index contributed by atoms with van der Waals surface area (Å²) in [6, 6.07) is 9.55. The van der Waals surface area contributed by atoms with E-state index >= 15 is 0 Å². The summed E-state index contributed by atoms with van der Waals surface area (Å²) < 4.78 is 0. The van der Waals surface area contributed by atoms with Gasteiger partial charge < -0.3 is 5.73 Å². The molecule has 0 aliphatic rings. The summed E-state index contributed by atoms with van der Waals surface area (Å²) >= 11 is 7.56. The Morgan fingerprint density at radius 1 is 1.25 bits per heavy atom. The Labute approximate surface area is 104 Å². The quantitative estimate of drug-likeness (QED) is 0.882. The number of nitrogen functional groups attached to an aromatic ring is 1. The van der Waals surface area contributed by atoms with Gasteiger partial charge in [-0.15, -0.1) is 0 Å². The first-order chi connectivity index (χ1) is 7.68. The molecule has 0 saturated carbocycles. The van der Waals surface area contributed by atoms with E-state index in [9.17, 15) is 0 Å². The molecule has 0 amide bonds. The first kappa shape index (κ1) is 11.3. The highest BCUT2D eigenvalue weighted by molar-refractivity contribution is 7.99. The minimum atomic E-state index is 0.715. The lowest BCUT2D eigenvalue weighted by Gasteiger charge is -2.07. The number of nitrogens with zero attached hydrogens (tertiary/aromatic N) is 1. The van der Waals surface area contributed by atoms with Gasteiger partial charge in [-0.1, -0.05) is 35.5 Å². The number of hydrogen-bond acceptors (Lipinski definition) is 3. The smallest absolute Gasteiger partial charge is 0.124 e. The molecule has 0 radical (unpaired) electrons. The van der Waals surface area contributed by atoms with Crippen LogP contribution in [0.4, 0.5) is 5.69 Å². The number of rotatable bonds is 2. The molecule has 0 unspecified atom stereocenters. The van der Waals surface area contributed by atoms with Gasteiger partial charge in [0.15, 0.2) is 0 Å². The predicted octanol–water partition coefficient (Wildman–Crippen LogP) is 3.78. The van der Waals surface area contributed by atoms with Crippen LogP contribution < -0.4 is 5.73 Å². The molecule has 0 atom stereocenters. The average Bonchev–Trinajstić information content (AvgIpc) is 2.28. The van der Waals surface area contributed by atoms with Crippen LogP contribution in [0.3, 0.4) is 0 Å². The maximum Gasteiger partial charge on any atom is 0.124 e. The second-order valence-electron chi connectivity index (χ2n) is 3.38. The van der Waals surface area contributed by atoms with Crippen molar-refractivity contribution in [2.75, 3.05) is 5.73 Å². The van der Waals surface area contributed by atoms with Crippen LogP contribution in [0.15, 0.2) is 46.5 Å². The molecular weight excluding hydrogens is 240 g/mol. The van der Waals surface area contributed by atoms with Crippen molar-refractivity contribution in [3.63, 3.8) is 0 Å². The first-order valence-corrected chi connectivity index (χ1v) is 6.01. The van der Waals surface area contributed by atoms with E-state index < -0.39 is 0 Å². The number of aryl methyl sites for hydroxylation is 1. The number of benzene rings is 1. The lowest BCUT2D eigenvalue weighted by Crippen LogP contribution is -1.94. The third kappa shape index (κ3) is 2.31. The van der Waals surface area contributed by atoms with E-state index in [2.05, 4.69) is 4.98 Å². The molecule has 2 rings (SSSR count). The Morgan fingerprint density at radius 2 is 2.00 bits per heavy atom. The second kappa shape index (κ2) is 4.76. The van der Waals surface area contributed by atoms with Crippen molar-refractivity contribution in [2.24, 2.45) is 0 Å². The van der Waals surface area contributed by atoms with Crippen molar-refractivity contribution in [1.29, 1.82) is 0 Å². The molecule has 0 spiro atoms. The lowest BCUT2D eigenvalue weighted by molar-refractivity contribution is 1.12. The van der Waals surface area contributed by atoms with Crippen molar-refractivity contribution in [1.82, 2.24) is 4.98 Å². The van der Waals surface area contributed by atoms with Gasteiger partial charge in [0.1, 0.15) is 5.03 Å².